The zero-order valence-corrected chi connectivity index (χ0v) is 15.0. The van der Waals surface area contributed by atoms with Gasteiger partial charge in [0, 0.05) is 11.6 Å². The molecule has 0 aromatic heterocycles. The molecule has 0 radical (unpaired) electrons. The number of rotatable bonds is 5. The molecule has 0 heterocycles. The normalized spacial score (nSPS) is 30.4. The molecule has 130 valence electrons. The van der Waals surface area contributed by atoms with Crippen LogP contribution in [0.15, 0.2) is 23.8 Å². The number of benzene rings is 1. The van der Waals surface area contributed by atoms with Gasteiger partial charge in [0.15, 0.2) is 0 Å². The SMILES string of the molecule is CCOC(=C1C2CC3CC(C2)CC1C3)c1cc(OC)cc(OC)c1. The summed E-state index contributed by atoms with van der Waals surface area (Å²) in [5, 5.41) is 0. The molecule has 5 rings (SSSR count). The van der Waals surface area contributed by atoms with Crippen molar-refractivity contribution in [3.05, 3.63) is 29.3 Å². The third-order valence-corrected chi connectivity index (χ3v) is 6.18. The van der Waals surface area contributed by atoms with Gasteiger partial charge in [0.05, 0.1) is 20.8 Å². The first-order valence-corrected chi connectivity index (χ1v) is 9.32. The van der Waals surface area contributed by atoms with Crippen molar-refractivity contribution < 1.29 is 14.2 Å². The van der Waals surface area contributed by atoms with E-state index in [1.165, 1.54) is 32.1 Å². The number of hydrogen-bond acceptors (Lipinski definition) is 3. The number of allylic oxidation sites excluding steroid dienone is 1. The van der Waals surface area contributed by atoms with Crippen molar-refractivity contribution >= 4 is 5.76 Å². The Morgan fingerprint density at radius 2 is 1.42 bits per heavy atom. The van der Waals surface area contributed by atoms with Gasteiger partial charge in [-0.3, -0.25) is 0 Å². The summed E-state index contributed by atoms with van der Waals surface area (Å²) in [5.41, 5.74) is 2.69. The van der Waals surface area contributed by atoms with E-state index in [0.29, 0.717) is 6.61 Å². The zero-order valence-electron chi connectivity index (χ0n) is 15.0. The minimum absolute atomic E-state index is 0.699. The summed E-state index contributed by atoms with van der Waals surface area (Å²) in [7, 11) is 3.41. The molecule has 1 aromatic rings. The van der Waals surface area contributed by atoms with Gasteiger partial charge in [-0.2, -0.15) is 0 Å². The van der Waals surface area contributed by atoms with Crippen molar-refractivity contribution in [3.8, 4) is 11.5 Å². The van der Waals surface area contributed by atoms with Gasteiger partial charge in [0.25, 0.3) is 0 Å². The second kappa shape index (κ2) is 6.34. The molecule has 0 unspecified atom stereocenters. The fourth-order valence-corrected chi connectivity index (χ4v) is 5.48. The van der Waals surface area contributed by atoms with E-state index in [1.54, 1.807) is 19.8 Å². The third-order valence-electron chi connectivity index (χ3n) is 6.18. The lowest BCUT2D eigenvalue weighted by Crippen LogP contribution is -2.41. The van der Waals surface area contributed by atoms with Crippen LogP contribution in [0.4, 0.5) is 0 Å². The molecule has 4 fully saturated rings. The summed E-state index contributed by atoms with van der Waals surface area (Å²) in [4.78, 5) is 0. The minimum atomic E-state index is 0.699. The van der Waals surface area contributed by atoms with Crippen LogP contribution in [0.25, 0.3) is 5.76 Å². The first kappa shape index (κ1) is 15.9. The van der Waals surface area contributed by atoms with E-state index in [4.69, 9.17) is 14.2 Å². The molecule has 1 aromatic carbocycles. The van der Waals surface area contributed by atoms with Crippen LogP contribution in [-0.4, -0.2) is 20.8 Å². The Morgan fingerprint density at radius 3 is 1.88 bits per heavy atom. The smallest absolute Gasteiger partial charge is 0.126 e. The Bertz CT molecular complexity index is 594. The fourth-order valence-electron chi connectivity index (χ4n) is 5.48. The Balaban J connectivity index is 1.80. The maximum Gasteiger partial charge on any atom is 0.126 e. The van der Waals surface area contributed by atoms with Crippen LogP contribution < -0.4 is 9.47 Å². The highest BCUT2D eigenvalue weighted by atomic mass is 16.5. The van der Waals surface area contributed by atoms with Crippen LogP contribution in [0.3, 0.4) is 0 Å². The predicted octanol–water partition coefficient (Wildman–Crippen LogP) is 4.91. The van der Waals surface area contributed by atoms with E-state index in [1.807, 2.05) is 6.07 Å². The quantitative estimate of drug-likeness (QED) is 0.719. The van der Waals surface area contributed by atoms with Crippen molar-refractivity contribution in [3.63, 3.8) is 0 Å². The molecule has 0 aliphatic heterocycles. The summed E-state index contributed by atoms with van der Waals surface area (Å²) in [6, 6.07) is 6.10. The Morgan fingerprint density at radius 1 is 0.875 bits per heavy atom. The van der Waals surface area contributed by atoms with Crippen molar-refractivity contribution in [1.29, 1.82) is 0 Å². The molecule has 4 saturated carbocycles. The second-order valence-corrected chi connectivity index (χ2v) is 7.62. The number of ether oxygens (including phenoxy) is 3. The van der Waals surface area contributed by atoms with Crippen molar-refractivity contribution in [2.24, 2.45) is 23.7 Å². The molecule has 4 aliphatic rings. The topological polar surface area (TPSA) is 27.7 Å². The summed E-state index contributed by atoms with van der Waals surface area (Å²) < 4.78 is 17.2. The summed E-state index contributed by atoms with van der Waals surface area (Å²) in [6.07, 6.45) is 6.91. The average molecular weight is 328 g/mol. The molecule has 3 heteroatoms. The first-order chi connectivity index (χ1) is 11.7. The lowest BCUT2D eigenvalue weighted by Gasteiger charge is -2.51. The average Bonchev–Trinajstić information content (AvgIpc) is 2.59. The van der Waals surface area contributed by atoms with Crippen LogP contribution in [0.5, 0.6) is 11.5 Å². The highest BCUT2D eigenvalue weighted by Gasteiger charge is 2.46. The van der Waals surface area contributed by atoms with Gasteiger partial charge < -0.3 is 14.2 Å². The van der Waals surface area contributed by atoms with Crippen LogP contribution in [0.1, 0.15) is 44.6 Å². The van der Waals surface area contributed by atoms with Gasteiger partial charge in [-0.05, 0) is 80.4 Å². The van der Waals surface area contributed by atoms with Gasteiger partial charge in [-0.15, -0.1) is 0 Å². The molecule has 0 N–H and O–H groups in total. The maximum atomic E-state index is 6.22. The lowest BCUT2D eigenvalue weighted by atomic mass is 9.54. The van der Waals surface area contributed by atoms with Crippen molar-refractivity contribution in [1.82, 2.24) is 0 Å². The minimum Gasteiger partial charge on any atom is -0.497 e. The summed E-state index contributed by atoms with van der Waals surface area (Å²) in [6.45, 7) is 2.78. The van der Waals surface area contributed by atoms with Crippen LogP contribution in [-0.2, 0) is 4.74 Å². The number of hydrogen-bond donors (Lipinski definition) is 0. The zero-order chi connectivity index (χ0) is 16.7. The van der Waals surface area contributed by atoms with Gasteiger partial charge in [-0.25, -0.2) is 0 Å². The molecule has 0 saturated heterocycles. The lowest BCUT2D eigenvalue weighted by molar-refractivity contribution is 0.0668. The standard InChI is InChI=1S/C21H28O3/c1-4-24-21(17-10-18(22-2)12-19(11-17)23-3)20-15-6-13-5-14(8-15)9-16(20)7-13/h10-16H,4-9H2,1-3H3. The molecule has 0 atom stereocenters. The molecular weight excluding hydrogens is 300 g/mol. The molecule has 0 spiro atoms. The van der Waals surface area contributed by atoms with Gasteiger partial charge >= 0.3 is 0 Å². The molecule has 4 aliphatic carbocycles. The molecule has 24 heavy (non-hydrogen) atoms. The van der Waals surface area contributed by atoms with E-state index in [9.17, 15) is 0 Å². The Labute approximate surface area is 145 Å². The van der Waals surface area contributed by atoms with Crippen molar-refractivity contribution in [2.45, 2.75) is 39.0 Å². The van der Waals surface area contributed by atoms with Crippen molar-refractivity contribution in [2.75, 3.05) is 20.8 Å². The van der Waals surface area contributed by atoms with E-state index in [0.717, 1.165) is 46.5 Å². The van der Waals surface area contributed by atoms with E-state index in [-0.39, 0.29) is 0 Å². The van der Waals surface area contributed by atoms with E-state index >= 15 is 0 Å². The van der Waals surface area contributed by atoms with E-state index in [2.05, 4.69) is 19.1 Å². The highest BCUT2D eigenvalue weighted by Crippen LogP contribution is 2.58. The summed E-state index contributed by atoms with van der Waals surface area (Å²) >= 11 is 0. The fraction of sp³-hybridized carbons (Fsp3) is 0.619. The van der Waals surface area contributed by atoms with Gasteiger partial charge in [-0.1, -0.05) is 0 Å². The van der Waals surface area contributed by atoms with Crippen LogP contribution in [0, 0.1) is 23.7 Å². The van der Waals surface area contributed by atoms with E-state index < -0.39 is 0 Å². The van der Waals surface area contributed by atoms with Crippen LogP contribution in [0.2, 0.25) is 0 Å². The monoisotopic (exact) mass is 328 g/mol. The first-order valence-electron chi connectivity index (χ1n) is 9.32. The van der Waals surface area contributed by atoms with Crippen LogP contribution >= 0.6 is 0 Å². The maximum absolute atomic E-state index is 6.22. The third kappa shape index (κ3) is 2.68. The van der Waals surface area contributed by atoms with Gasteiger partial charge in [0.1, 0.15) is 17.3 Å². The molecule has 4 bridgehead atoms. The Hall–Kier alpha value is -1.64. The second-order valence-electron chi connectivity index (χ2n) is 7.62. The predicted molar refractivity (Wildman–Crippen MR) is 95.1 cm³/mol. The highest BCUT2D eigenvalue weighted by molar-refractivity contribution is 5.67. The molecule has 3 nitrogen and oxygen atoms in total. The molecule has 0 amide bonds. The molecular formula is C21H28O3. The number of methoxy groups -OCH3 is 2. The largest absolute Gasteiger partial charge is 0.497 e. The Kier molecular flexibility index (Phi) is 4.19. The summed E-state index contributed by atoms with van der Waals surface area (Å²) in [5.74, 6) is 6.11. The van der Waals surface area contributed by atoms with Gasteiger partial charge in [0.2, 0.25) is 0 Å².